The van der Waals surface area contributed by atoms with Crippen LogP contribution in [0, 0.1) is 23.2 Å². The standard InChI is InChI=1S/C22H20N4O/c1-2-13-5-3-4-6-17(13)14-7-15-10-21(25-12-19(15)20(24)9-14)26-22(27)18-8-16(18)11-23/h3-7,9-10,12,16,18H,2,8,24H2,1H3,(H,25,26,27). The second kappa shape index (κ2) is 6.73. The van der Waals surface area contributed by atoms with Crippen molar-refractivity contribution in [1.82, 2.24) is 4.98 Å². The minimum absolute atomic E-state index is 0.145. The molecule has 0 aliphatic heterocycles. The summed E-state index contributed by atoms with van der Waals surface area (Å²) in [4.78, 5) is 16.5. The zero-order valence-corrected chi connectivity index (χ0v) is 15.1. The molecule has 0 spiro atoms. The lowest BCUT2D eigenvalue weighted by atomic mass is 9.95. The number of nitrogens with one attached hydrogen (secondary N) is 1. The fourth-order valence-electron chi connectivity index (χ4n) is 3.47. The van der Waals surface area contributed by atoms with Crippen molar-refractivity contribution >= 4 is 28.2 Å². The van der Waals surface area contributed by atoms with Gasteiger partial charge in [-0.25, -0.2) is 4.98 Å². The number of pyridine rings is 1. The highest BCUT2D eigenvalue weighted by Gasteiger charge is 2.43. The van der Waals surface area contributed by atoms with Crippen molar-refractivity contribution in [2.24, 2.45) is 11.8 Å². The molecule has 1 fully saturated rings. The summed E-state index contributed by atoms with van der Waals surface area (Å²) in [7, 11) is 0. The highest BCUT2D eigenvalue weighted by Crippen LogP contribution is 2.38. The molecule has 1 aromatic heterocycles. The summed E-state index contributed by atoms with van der Waals surface area (Å²) < 4.78 is 0. The molecule has 5 heteroatoms. The molecule has 134 valence electrons. The van der Waals surface area contributed by atoms with Crippen molar-refractivity contribution in [1.29, 1.82) is 5.26 Å². The minimum Gasteiger partial charge on any atom is -0.398 e. The van der Waals surface area contributed by atoms with Crippen LogP contribution in [0.1, 0.15) is 18.9 Å². The van der Waals surface area contributed by atoms with E-state index in [1.54, 1.807) is 6.20 Å². The van der Waals surface area contributed by atoms with Crippen LogP contribution in [-0.2, 0) is 11.2 Å². The molecule has 1 heterocycles. The molecule has 0 bridgehead atoms. The molecule has 2 atom stereocenters. The minimum atomic E-state index is -0.222. The van der Waals surface area contributed by atoms with E-state index in [1.807, 2.05) is 24.3 Å². The van der Waals surface area contributed by atoms with Crippen LogP contribution in [-0.4, -0.2) is 10.9 Å². The number of aromatic nitrogens is 1. The number of carbonyl (C=O) groups is 1. The van der Waals surface area contributed by atoms with Crippen LogP contribution in [0.3, 0.4) is 0 Å². The first-order valence-electron chi connectivity index (χ1n) is 9.08. The van der Waals surface area contributed by atoms with Gasteiger partial charge in [-0.15, -0.1) is 0 Å². The van der Waals surface area contributed by atoms with Gasteiger partial charge in [0.1, 0.15) is 5.82 Å². The number of hydrogen-bond acceptors (Lipinski definition) is 4. The topological polar surface area (TPSA) is 91.8 Å². The zero-order valence-electron chi connectivity index (χ0n) is 15.1. The van der Waals surface area contributed by atoms with Gasteiger partial charge >= 0.3 is 0 Å². The summed E-state index contributed by atoms with van der Waals surface area (Å²) in [5.74, 6) is -0.0520. The van der Waals surface area contributed by atoms with Crippen molar-refractivity contribution < 1.29 is 4.79 Å². The summed E-state index contributed by atoms with van der Waals surface area (Å²) >= 11 is 0. The predicted molar refractivity (Wildman–Crippen MR) is 107 cm³/mol. The first-order chi connectivity index (χ1) is 13.1. The van der Waals surface area contributed by atoms with Gasteiger partial charge < -0.3 is 11.1 Å². The van der Waals surface area contributed by atoms with Gasteiger partial charge in [-0.2, -0.15) is 5.26 Å². The second-order valence-corrected chi connectivity index (χ2v) is 6.93. The van der Waals surface area contributed by atoms with Gasteiger partial charge in [-0.3, -0.25) is 4.79 Å². The van der Waals surface area contributed by atoms with E-state index in [0.717, 1.165) is 28.3 Å². The van der Waals surface area contributed by atoms with Crippen LogP contribution in [0.4, 0.5) is 11.5 Å². The van der Waals surface area contributed by atoms with Crippen LogP contribution < -0.4 is 11.1 Å². The fourth-order valence-corrected chi connectivity index (χ4v) is 3.47. The van der Waals surface area contributed by atoms with Crippen molar-refractivity contribution in [3.63, 3.8) is 0 Å². The van der Waals surface area contributed by atoms with Crippen LogP contribution in [0.5, 0.6) is 0 Å². The zero-order chi connectivity index (χ0) is 19.0. The highest BCUT2D eigenvalue weighted by molar-refractivity contribution is 6.00. The van der Waals surface area contributed by atoms with E-state index >= 15 is 0 Å². The Hall–Kier alpha value is -3.39. The average Bonchev–Trinajstić information content (AvgIpc) is 3.47. The Morgan fingerprint density at radius 3 is 2.89 bits per heavy atom. The number of amides is 1. The first kappa shape index (κ1) is 17.0. The molecule has 1 aliphatic rings. The Bertz CT molecular complexity index is 1080. The molecule has 3 N–H and O–H groups in total. The Morgan fingerprint density at radius 1 is 1.33 bits per heavy atom. The Balaban J connectivity index is 1.70. The molecule has 1 aliphatic carbocycles. The van der Waals surface area contributed by atoms with Gasteiger partial charge in [0.2, 0.25) is 5.91 Å². The third kappa shape index (κ3) is 3.22. The average molecular weight is 356 g/mol. The van der Waals surface area contributed by atoms with E-state index in [2.05, 4.69) is 41.5 Å². The molecule has 2 aromatic carbocycles. The van der Waals surface area contributed by atoms with Gasteiger partial charge in [0, 0.05) is 17.3 Å². The maximum Gasteiger partial charge on any atom is 0.230 e. The van der Waals surface area contributed by atoms with E-state index in [0.29, 0.717) is 17.9 Å². The molecular weight excluding hydrogens is 336 g/mol. The lowest BCUT2D eigenvalue weighted by Crippen LogP contribution is -2.15. The number of nitrogens with zero attached hydrogens (tertiary/aromatic N) is 2. The van der Waals surface area contributed by atoms with Crippen molar-refractivity contribution in [2.75, 3.05) is 11.1 Å². The molecule has 27 heavy (non-hydrogen) atoms. The molecule has 5 nitrogen and oxygen atoms in total. The summed E-state index contributed by atoms with van der Waals surface area (Å²) in [5.41, 5.74) is 10.4. The van der Waals surface area contributed by atoms with E-state index < -0.39 is 0 Å². The predicted octanol–water partition coefficient (Wildman–Crippen LogP) is 4.14. The summed E-state index contributed by atoms with van der Waals surface area (Å²) in [6.07, 6.45) is 3.25. The van der Waals surface area contributed by atoms with Gasteiger partial charge in [-0.1, -0.05) is 31.2 Å². The number of nitrogens with two attached hydrogens (primary N) is 1. The van der Waals surface area contributed by atoms with E-state index in [1.165, 1.54) is 5.56 Å². The fraction of sp³-hybridized carbons (Fsp3) is 0.227. The van der Waals surface area contributed by atoms with E-state index in [4.69, 9.17) is 11.0 Å². The molecule has 1 amide bonds. The Labute approximate surface area is 157 Å². The first-order valence-corrected chi connectivity index (χ1v) is 9.08. The quantitative estimate of drug-likeness (QED) is 0.687. The van der Waals surface area contributed by atoms with Crippen molar-refractivity contribution in [2.45, 2.75) is 19.8 Å². The SMILES string of the molecule is CCc1ccccc1-c1cc(N)c2cnc(NC(=O)C3CC3C#N)cc2c1. The van der Waals surface area contributed by atoms with E-state index in [-0.39, 0.29) is 17.7 Å². The lowest BCUT2D eigenvalue weighted by Gasteiger charge is -2.12. The van der Waals surface area contributed by atoms with Crippen molar-refractivity contribution in [3.8, 4) is 17.2 Å². The molecule has 3 aromatic rings. The number of aryl methyl sites for hydroxylation is 1. The third-order valence-corrected chi connectivity index (χ3v) is 5.12. The number of fused-ring (bicyclic) bond motifs is 1. The van der Waals surface area contributed by atoms with Crippen LogP contribution in [0.15, 0.2) is 48.7 Å². The number of nitrogen functional groups attached to an aromatic ring is 1. The van der Waals surface area contributed by atoms with Gasteiger partial charge in [0.25, 0.3) is 0 Å². The Morgan fingerprint density at radius 2 is 2.15 bits per heavy atom. The van der Waals surface area contributed by atoms with Gasteiger partial charge in [-0.05, 0) is 53.1 Å². The van der Waals surface area contributed by atoms with Gasteiger partial charge in [0.05, 0.1) is 17.9 Å². The molecule has 0 radical (unpaired) electrons. The third-order valence-electron chi connectivity index (χ3n) is 5.12. The molecule has 1 saturated carbocycles. The number of hydrogen-bond donors (Lipinski definition) is 2. The number of nitriles is 1. The highest BCUT2D eigenvalue weighted by atomic mass is 16.2. The molecule has 4 rings (SSSR count). The molecular formula is C22H20N4O. The normalized spacial score (nSPS) is 18.1. The van der Waals surface area contributed by atoms with Crippen molar-refractivity contribution in [3.05, 3.63) is 54.2 Å². The summed E-state index contributed by atoms with van der Waals surface area (Å²) in [6, 6.07) is 16.3. The molecule has 2 unspecified atom stereocenters. The number of carbonyl (C=O) groups excluding carboxylic acids is 1. The lowest BCUT2D eigenvalue weighted by molar-refractivity contribution is -0.117. The Kier molecular flexibility index (Phi) is 4.25. The number of rotatable bonds is 4. The molecule has 0 saturated heterocycles. The maximum absolute atomic E-state index is 12.2. The number of benzene rings is 2. The maximum atomic E-state index is 12.2. The van der Waals surface area contributed by atoms with Crippen LogP contribution >= 0.6 is 0 Å². The summed E-state index contributed by atoms with van der Waals surface area (Å²) in [6.45, 7) is 2.13. The van der Waals surface area contributed by atoms with Crippen LogP contribution in [0.2, 0.25) is 0 Å². The number of anilines is 2. The second-order valence-electron chi connectivity index (χ2n) is 6.93. The summed E-state index contributed by atoms with van der Waals surface area (Å²) in [5, 5.41) is 13.5. The van der Waals surface area contributed by atoms with Gasteiger partial charge in [0.15, 0.2) is 0 Å². The van der Waals surface area contributed by atoms with Crippen LogP contribution in [0.25, 0.3) is 21.9 Å². The monoisotopic (exact) mass is 356 g/mol. The largest absolute Gasteiger partial charge is 0.398 e. The smallest absolute Gasteiger partial charge is 0.230 e. The van der Waals surface area contributed by atoms with E-state index in [9.17, 15) is 4.79 Å².